The summed E-state index contributed by atoms with van der Waals surface area (Å²) in [6.45, 7) is -2.97. The smallest absolute Gasteiger partial charge is 0.387 e. The first kappa shape index (κ1) is 13.8. The van der Waals surface area contributed by atoms with Crippen LogP contribution in [0.4, 0.5) is 8.78 Å². The van der Waals surface area contributed by atoms with Crippen molar-refractivity contribution in [1.29, 1.82) is 0 Å². The molecule has 90 valence electrons. The average molecular weight is 288 g/mol. The molecule has 1 atom stereocenters. The molecule has 0 radical (unpaired) electrons. The maximum absolute atomic E-state index is 12.0. The molecule has 0 aliphatic heterocycles. The lowest BCUT2D eigenvalue weighted by Crippen LogP contribution is -2.12. The zero-order chi connectivity index (χ0) is 12.3. The Hall–Kier alpha value is -0.230. The van der Waals surface area contributed by atoms with E-state index in [4.69, 9.17) is 28.9 Å². The molecule has 1 unspecified atom stereocenters. The third-order valence-electron chi connectivity index (χ3n) is 1.85. The predicted octanol–water partition coefficient (Wildman–Crippen LogP) is 3.52. The molecule has 2 N–H and O–H groups in total. The van der Waals surface area contributed by atoms with Crippen LogP contribution in [0.15, 0.2) is 12.1 Å². The van der Waals surface area contributed by atoms with Gasteiger partial charge in [0, 0.05) is 11.8 Å². The molecule has 0 heterocycles. The second-order valence-corrected chi connectivity index (χ2v) is 4.16. The SMILES string of the molecule is NC(CS)c1cc(Cl)c(OC(F)F)c(Cl)c1. The van der Waals surface area contributed by atoms with Gasteiger partial charge in [0.2, 0.25) is 0 Å². The van der Waals surface area contributed by atoms with Crippen molar-refractivity contribution in [2.24, 2.45) is 5.73 Å². The van der Waals surface area contributed by atoms with Crippen LogP contribution >= 0.6 is 35.8 Å². The molecule has 0 bridgehead atoms. The summed E-state index contributed by atoms with van der Waals surface area (Å²) in [5.74, 6) is 0.148. The summed E-state index contributed by atoms with van der Waals surface area (Å²) >= 11 is 15.5. The highest BCUT2D eigenvalue weighted by Crippen LogP contribution is 2.36. The van der Waals surface area contributed by atoms with E-state index in [0.717, 1.165) is 0 Å². The summed E-state index contributed by atoms with van der Waals surface area (Å²) in [6, 6.07) is 2.51. The zero-order valence-corrected chi connectivity index (χ0v) is 10.4. The summed E-state index contributed by atoms with van der Waals surface area (Å²) in [5, 5.41) is 0.0000617. The highest BCUT2D eigenvalue weighted by Gasteiger charge is 2.16. The van der Waals surface area contributed by atoms with Crippen molar-refractivity contribution in [3.05, 3.63) is 27.7 Å². The van der Waals surface area contributed by atoms with Crippen LogP contribution in [0.25, 0.3) is 0 Å². The van der Waals surface area contributed by atoms with E-state index >= 15 is 0 Å². The Morgan fingerprint density at radius 3 is 2.19 bits per heavy atom. The highest BCUT2D eigenvalue weighted by molar-refractivity contribution is 7.80. The van der Waals surface area contributed by atoms with Crippen LogP contribution in [0.5, 0.6) is 5.75 Å². The van der Waals surface area contributed by atoms with E-state index < -0.39 is 6.61 Å². The average Bonchev–Trinajstić information content (AvgIpc) is 2.21. The topological polar surface area (TPSA) is 35.2 Å². The Labute approximate surface area is 107 Å². The lowest BCUT2D eigenvalue weighted by atomic mass is 10.1. The van der Waals surface area contributed by atoms with Gasteiger partial charge in [-0.05, 0) is 17.7 Å². The van der Waals surface area contributed by atoms with Gasteiger partial charge >= 0.3 is 6.61 Å². The molecular weight excluding hydrogens is 279 g/mol. The maximum atomic E-state index is 12.0. The molecule has 0 aromatic heterocycles. The number of rotatable bonds is 4. The second-order valence-electron chi connectivity index (χ2n) is 2.98. The van der Waals surface area contributed by atoms with E-state index in [9.17, 15) is 8.78 Å². The molecule has 16 heavy (non-hydrogen) atoms. The lowest BCUT2D eigenvalue weighted by molar-refractivity contribution is -0.0497. The van der Waals surface area contributed by atoms with Crippen molar-refractivity contribution < 1.29 is 13.5 Å². The lowest BCUT2D eigenvalue weighted by Gasteiger charge is -2.13. The summed E-state index contributed by atoms with van der Waals surface area (Å²) < 4.78 is 28.2. The third kappa shape index (κ3) is 3.38. The van der Waals surface area contributed by atoms with Crippen molar-refractivity contribution in [3.8, 4) is 5.75 Å². The minimum atomic E-state index is -2.97. The Morgan fingerprint density at radius 1 is 1.31 bits per heavy atom. The number of thiol groups is 1. The van der Waals surface area contributed by atoms with Crippen LogP contribution in [0.3, 0.4) is 0 Å². The summed E-state index contributed by atoms with van der Waals surface area (Å²) in [4.78, 5) is 0. The molecule has 1 rings (SSSR count). The number of ether oxygens (including phenoxy) is 1. The van der Waals surface area contributed by atoms with Gasteiger partial charge in [-0.25, -0.2) is 0 Å². The fraction of sp³-hybridized carbons (Fsp3) is 0.333. The maximum Gasteiger partial charge on any atom is 0.387 e. The number of hydrogen-bond donors (Lipinski definition) is 2. The fourth-order valence-corrected chi connectivity index (χ4v) is 1.90. The summed E-state index contributed by atoms with van der Waals surface area (Å²) in [6.07, 6.45) is 0. The first-order valence-electron chi connectivity index (χ1n) is 4.26. The van der Waals surface area contributed by atoms with Crippen LogP contribution in [-0.2, 0) is 0 Å². The molecule has 0 saturated heterocycles. The standard InChI is InChI=1S/C9H9Cl2F2NOS/c10-5-1-4(7(14)3-16)2-6(11)8(5)15-9(12)13/h1-2,7,9,16H,3,14H2. The largest absolute Gasteiger partial charge is 0.432 e. The van der Waals surface area contributed by atoms with Crippen LogP contribution in [-0.4, -0.2) is 12.4 Å². The number of benzene rings is 1. The minimum Gasteiger partial charge on any atom is -0.432 e. The first-order chi connectivity index (χ1) is 7.45. The molecule has 0 amide bonds. The molecule has 0 spiro atoms. The molecular formula is C9H9Cl2F2NOS. The van der Waals surface area contributed by atoms with Gasteiger partial charge < -0.3 is 10.5 Å². The van der Waals surface area contributed by atoms with Gasteiger partial charge in [0.05, 0.1) is 10.0 Å². The zero-order valence-electron chi connectivity index (χ0n) is 7.96. The Bertz CT molecular complexity index is 356. The Balaban J connectivity index is 3.07. The predicted molar refractivity (Wildman–Crippen MR) is 63.9 cm³/mol. The van der Waals surface area contributed by atoms with Gasteiger partial charge in [-0.1, -0.05) is 23.2 Å². The molecule has 0 aliphatic rings. The van der Waals surface area contributed by atoms with Crippen molar-refractivity contribution in [3.63, 3.8) is 0 Å². The van der Waals surface area contributed by atoms with Crippen LogP contribution in [0.1, 0.15) is 11.6 Å². The normalized spacial score (nSPS) is 12.9. The van der Waals surface area contributed by atoms with Gasteiger partial charge in [-0.3, -0.25) is 0 Å². The van der Waals surface area contributed by atoms with E-state index in [0.29, 0.717) is 11.3 Å². The molecule has 0 saturated carbocycles. The van der Waals surface area contributed by atoms with E-state index in [2.05, 4.69) is 17.4 Å². The van der Waals surface area contributed by atoms with Gasteiger partial charge in [0.25, 0.3) is 0 Å². The molecule has 1 aromatic rings. The molecule has 0 fully saturated rings. The molecule has 1 aromatic carbocycles. The Morgan fingerprint density at radius 2 is 1.81 bits per heavy atom. The van der Waals surface area contributed by atoms with Gasteiger partial charge in [0.1, 0.15) is 0 Å². The van der Waals surface area contributed by atoms with Gasteiger partial charge in [0.15, 0.2) is 5.75 Å². The minimum absolute atomic E-state index is 0.0000309. The van der Waals surface area contributed by atoms with Gasteiger partial charge in [-0.15, -0.1) is 0 Å². The van der Waals surface area contributed by atoms with Crippen molar-refractivity contribution in [2.75, 3.05) is 5.75 Å². The van der Waals surface area contributed by atoms with Crippen LogP contribution in [0.2, 0.25) is 10.0 Å². The van der Waals surface area contributed by atoms with Crippen molar-refractivity contribution in [1.82, 2.24) is 0 Å². The molecule has 2 nitrogen and oxygen atoms in total. The van der Waals surface area contributed by atoms with Crippen molar-refractivity contribution in [2.45, 2.75) is 12.7 Å². The number of hydrogen-bond acceptors (Lipinski definition) is 3. The fourth-order valence-electron chi connectivity index (χ4n) is 1.10. The third-order valence-corrected chi connectivity index (χ3v) is 2.81. The van der Waals surface area contributed by atoms with Crippen LogP contribution in [0, 0.1) is 0 Å². The van der Waals surface area contributed by atoms with Crippen molar-refractivity contribution >= 4 is 35.8 Å². The Kier molecular flexibility index (Phi) is 5.11. The molecule has 7 heteroatoms. The number of halogens is 4. The van der Waals surface area contributed by atoms with Gasteiger partial charge in [-0.2, -0.15) is 21.4 Å². The second kappa shape index (κ2) is 5.91. The monoisotopic (exact) mass is 287 g/mol. The first-order valence-corrected chi connectivity index (χ1v) is 5.64. The van der Waals surface area contributed by atoms with E-state index in [1.54, 1.807) is 0 Å². The molecule has 0 aliphatic carbocycles. The van der Waals surface area contributed by atoms with E-state index in [1.165, 1.54) is 12.1 Å². The summed E-state index contributed by atoms with van der Waals surface area (Å²) in [7, 11) is 0. The van der Waals surface area contributed by atoms with Crippen LogP contribution < -0.4 is 10.5 Å². The highest BCUT2D eigenvalue weighted by atomic mass is 35.5. The van der Waals surface area contributed by atoms with E-state index in [1.807, 2.05) is 0 Å². The number of alkyl halides is 2. The quantitative estimate of drug-likeness (QED) is 0.831. The number of nitrogens with two attached hydrogens (primary N) is 1. The van der Waals surface area contributed by atoms with E-state index in [-0.39, 0.29) is 21.8 Å². The summed E-state index contributed by atoms with van der Waals surface area (Å²) in [5.41, 5.74) is 6.32.